The molecule has 0 fully saturated rings. The predicted molar refractivity (Wildman–Crippen MR) is 78.2 cm³/mol. The van der Waals surface area contributed by atoms with Crippen molar-refractivity contribution in [3.63, 3.8) is 0 Å². The molecule has 0 radical (unpaired) electrons. The molecule has 1 atom stereocenters. The van der Waals surface area contributed by atoms with Gasteiger partial charge in [-0.3, -0.25) is 0 Å². The van der Waals surface area contributed by atoms with Crippen LogP contribution >= 0.6 is 0 Å². The Morgan fingerprint density at radius 1 is 1.05 bits per heavy atom. The van der Waals surface area contributed by atoms with Gasteiger partial charge in [0.15, 0.2) is 0 Å². The first-order chi connectivity index (χ1) is 9.19. The van der Waals surface area contributed by atoms with Crippen molar-refractivity contribution >= 4 is 5.69 Å². The summed E-state index contributed by atoms with van der Waals surface area (Å²) in [5, 5.41) is 21.2. The van der Waals surface area contributed by atoms with Gasteiger partial charge in [0, 0.05) is 12.2 Å². The van der Waals surface area contributed by atoms with Gasteiger partial charge in [-0.25, -0.2) is 0 Å². The molecule has 0 spiro atoms. The molecule has 0 amide bonds. The Labute approximate surface area is 113 Å². The molecule has 0 aliphatic carbocycles. The lowest BCUT2D eigenvalue weighted by Gasteiger charge is -2.11. The van der Waals surface area contributed by atoms with Crippen LogP contribution in [-0.2, 0) is 0 Å². The number of aryl methyl sites for hydroxylation is 1. The average molecular weight is 257 g/mol. The number of aliphatic hydroxyl groups is 2. The Kier molecular flexibility index (Phi) is 4.55. The maximum absolute atomic E-state index is 9.33. The Bertz CT molecular complexity index is 540. The quantitative estimate of drug-likeness (QED) is 0.771. The zero-order valence-corrected chi connectivity index (χ0v) is 11.0. The molecule has 3 N–H and O–H groups in total. The van der Waals surface area contributed by atoms with Crippen LogP contribution in [0.3, 0.4) is 0 Å². The largest absolute Gasteiger partial charge is 0.394 e. The predicted octanol–water partition coefficient (Wildman–Crippen LogP) is 2.43. The van der Waals surface area contributed by atoms with Crippen LogP contribution in [0.15, 0.2) is 48.5 Å². The number of rotatable bonds is 5. The normalized spacial score (nSPS) is 12.2. The smallest absolute Gasteiger partial charge is 0.0942 e. The molecule has 2 aromatic carbocycles. The molecule has 0 aliphatic heterocycles. The second kappa shape index (κ2) is 6.36. The summed E-state index contributed by atoms with van der Waals surface area (Å²) in [7, 11) is 0. The van der Waals surface area contributed by atoms with Crippen LogP contribution in [0.4, 0.5) is 5.69 Å². The van der Waals surface area contributed by atoms with Crippen LogP contribution in [-0.4, -0.2) is 29.5 Å². The van der Waals surface area contributed by atoms with Gasteiger partial charge in [0.2, 0.25) is 0 Å². The van der Waals surface area contributed by atoms with Crippen molar-refractivity contribution in [2.75, 3.05) is 18.5 Å². The van der Waals surface area contributed by atoms with Gasteiger partial charge in [-0.2, -0.15) is 0 Å². The molecule has 0 heterocycles. The second-order valence-corrected chi connectivity index (χ2v) is 4.67. The van der Waals surface area contributed by atoms with E-state index in [9.17, 15) is 5.11 Å². The lowest BCUT2D eigenvalue weighted by atomic mass is 10.0. The van der Waals surface area contributed by atoms with Crippen molar-refractivity contribution in [3.05, 3.63) is 54.1 Å². The highest BCUT2D eigenvalue weighted by atomic mass is 16.3. The average Bonchev–Trinajstić information content (AvgIpc) is 2.45. The van der Waals surface area contributed by atoms with Gasteiger partial charge in [-0.1, -0.05) is 42.0 Å². The van der Waals surface area contributed by atoms with Crippen molar-refractivity contribution in [2.24, 2.45) is 0 Å². The topological polar surface area (TPSA) is 52.5 Å². The van der Waals surface area contributed by atoms with E-state index in [1.807, 2.05) is 24.3 Å². The number of anilines is 1. The number of benzene rings is 2. The lowest BCUT2D eigenvalue weighted by molar-refractivity contribution is 0.105. The molecule has 1 unspecified atom stereocenters. The molecule has 0 aromatic heterocycles. The van der Waals surface area contributed by atoms with Gasteiger partial charge < -0.3 is 15.5 Å². The van der Waals surface area contributed by atoms with E-state index in [0.717, 1.165) is 11.3 Å². The third-order valence-electron chi connectivity index (χ3n) is 2.97. The molecule has 19 heavy (non-hydrogen) atoms. The highest BCUT2D eigenvalue weighted by Gasteiger charge is 2.03. The Hall–Kier alpha value is -1.84. The van der Waals surface area contributed by atoms with Crippen LogP contribution < -0.4 is 5.32 Å². The lowest BCUT2D eigenvalue weighted by Crippen LogP contribution is -2.22. The minimum Gasteiger partial charge on any atom is -0.394 e. The van der Waals surface area contributed by atoms with Gasteiger partial charge >= 0.3 is 0 Å². The molecule has 0 saturated heterocycles. The van der Waals surface area contributed by atoms with Gasteiger partial charge in [0.1, 0.15) is 0 Å². The van der Waals surface area contributed by atoms with Crippen molar-refractivity contribution < 1.29 is 10.2 Å². The van der Waals surface area contributed by atoms with Gasteiger partial charge in [0.25, 0.3) is 0 Å². The van der Waals surface area contributed by atoms with E-state index in [-0.39, 0.29) is 6.61 Å². The number of hydrogen-bond acceptors (Lipinski definition) is 3. The Morgan fingerprint density at radius 2 is 1.74 bits per heavy atom. The summed E-state index contributed by atoms with van der Waals surface area (Å²) >= 11 is 0. The molecule has 2 rings (SSSR count). The summed E-state index contributed by atoms with van der Waals surface area (Å²) in [4.78, 5) is 0. The minimum absolute atomic E-state index is 0.232. The SMILES string of the molecule is Cc1cccc(-c2cccc(NCC(O)CO)c2)c1. The standard InChI is InChI=1S/C16H19NO2/c1-12-4-2-5-13(8-12)14-6-3-7-15(9-14)17-10-16(19)11-18/h2-9,16-19H,10-11H2,1H3. The number of aliphatic hydroxyl groups excluding tert-OH is 2. The molecule has 0 bridgehead atoms. The monoisotopic (exact) mass is 257 g/mol. The minimum atomic E-state index is -0.734. The summed E-state index contributed by atoms with van der Waals surface area (Å²) in [6, 6.07) is 16.4. The van der Waals surface area contributed by atoms with Gasteiger partial charge in [-0.05, 0) is 30.2 Å². The van der Waals surface area contributed by atoms with Crippen LogP contribution in [0.5, 0.6) is 0 Å². The van der Waals surface area contributed by atoms with Crippen LogP contribution in [0.25, 0.3) is 11.1 Å². The maximum atomic E-state index is 9.33. The number of hydrogen-bond donors (Lipinski definition) is 3. The van der Waals surface area contributed by atoms with Gasteiger partial charge in [0.05, 0.1) is 12.7 Å². The Morgan fingerprint density at radius 3 is 2.42 bits per heavy atom. The van der Waals surface area contributed by atoms with E-state index in [4.69, 9.17) is 5.11 Å². The first-order valence-corrected chi connectivity index (χ1v) is 6.39. The zero-order valence-electron chi connectivity index (χ0n) is 11.0. The van der Waals surface area contributed by atoms with E-state index in [1.54, 1.807) is 0 Å². The maximum Gasteiger partial charge on any atom is 0.0942 e. The molecule has 3 nitrogen and oxygen atoms in total. The van der Waals surface area contributed by atoms with Crippen molar-refractivity contribution in [3.8, 4) is 11.1 Å². The number of nitrogens with one attached hydrogen (secondary N) is 1. The van der Waals surface area contributed by atoms with E-state index in [0.29, 0.717) is 6.54 Å². The summed E-state index contributed by atoms with van der Waals surface area (Å²) < 4.78 is 0. The van der Waals surface area contributed by atoms with Crippen LogP contribution in [0, 0.1) is 6.92 Å². The summed E-state index contributed by atoms with van der Waals surface area (Å²) in [6.07, 6.45) is -0.734. The third kappa shape index (κ3) is 3.81. The fraction of sp³-hybridized carbons (Fsp3) is 0.250. The summed E-state index contributed by atoms with van der Waals surface area (Å²) in [5.41, 5.74) is 4.47. The first-order valence-electron chi connectivity index (χ1n) is 6.39. The van der Waals surface area contributed by atoms with Crippen molar-refractivity contribution in [1.29, 1.82) is 0 Å². The van der Waals surface area contributed by atoms with E-state index < -0.39 is 6.10 Å². The van der Waals surface area contributed by atoms with E-state index in [1.165, 1.54) is 11.1 Å². The first kappa shape index (κ1) is 13.6. The van der Waals surface area contributed by atoms with Gasteiger partial charge in [-0.15, -0.1) is 0 Å². The highest BCUT2D eigenvalue weighted by molar-refractivity contribution is 5.68. The summed E-state index contributed by atoms with van der Waals surface area (Å²) in [5.74, 6) is 0. The van der Waals surface area contributed by atoms with Crippen LogP contribution in [0.2, 0.25) is 0 Å². The van der Waals surface area contributed by atoms with Crippen molar-refractivity contribution in [2.45, 2.75) is 13.0 Å². The molecule has 100 valence electrons. The third-order valence-corrected chi connectivity index (χ3v) is 2.97. The van der Waals surface area contributed by atoms with Crippen LogP contribution in [0.1, 0.15) is 5.56 Å². The molecule has 0 saturated carbocycles. The molecule has 2 aromatic rings. The van der Waals surface area contributed by atoms with E-state index >= 15 is 0 Å². The zero-order chi connectivity index (χ0) is 13.7. The fourth-order valence-electron chi connectivity index (χ4n) is 1.93. The molecular formula is C16H19NO2. The Balaban J connectivity index is 2.15. The highest BCUT2D eigenvalue weighted by Crippen LogP contribution is 2.23. The second-order valence-electron chi connectivity index (χ2n) is 4.67. The summed E-state index contributed by atoms with van der Waals surface area (Å²) in [6.45, 7) is 2.18. The van der Waals surface area contributed by atoms with E-state index in [2.05, 4.69) is 36.5 Å². The fourth-order valence-corrected chi connectivity index (χ4v) is 1.93. The van der Waals surface area contributed by atoms with Crippen molar-refractivity contribution in [1.82, 2.24) is 0 Å². The molecule has 3 heteroatoms. The molecular weight excluding hydrogens is 238 g/mol. The molecule has 0 aliphatic rings.